The van der Waals surface area contributed by atoms with Gasteiger partial charge >= 0.3 is 15.2 Å². The lowest BCUT2D eigenvalue weighted by Crippen LogP contribution is -2.35. The van der Waals surface area contributed by atoms with Crippen LogP contribution < -0.4 is 33.1 Å². The Kier molecular flexibility index (Phi) is 25.3. The second-order valence-corrected chi connectivity index (χ2v) is 10.9. The van der Waals surface area contributed by atoms with E-state index in [1.165, 1.54) is 0 Å². The molecule has 0 aromatic rings. The third-order valence-electron chi connectivity index (χ3n) is 1.90. The highest BCUT2D eigenvalue weighted by atomic mass is 32.2. The number of hydrogen-bond acceptors (Lipinski definition) is 10. The number of carboxylic acid groups (broad SMARTS) is 2. The molecule has 28 heavy (non-hydrogen) atoms. The molecule has 0 amide bonds. The van der Waals surface area contributed by atoms with E-state index in [1.54, 1.807) is 0 Å². The maximum atomic E-state index is 10.3. The van der Waals surface area contributed by atoms with Crippen molar-refractivity contribution in [1.82, 2.24) is 22.9 Å². The van der Waals surface area contributed by atoms with Gasteiger partial charge in [-0.2, -0.15) is 0 Å². The van der Waals surface area contributed by atoms with E-state index in [2.05, 4.69) is 10.6 Å². The molecule has 0 aliphatic heterocycles. The number of carboxylic acids is 2. The van der Waals surface area contributed by atoms with Crippen LogP contribution in [0.4, 0.5) is 0 Å². The number of quaternary nitrogens is 2. The maximum Gasteiger partial charge on any atom is 0.335 e. The molecule has 0 saturated heterocycles. The Morgan fingerprint density at radius 2 is 1.04 bits per heavy atom. The average molecular weight is 492 g/mol. The average Bonchev–Trinajstić information content (AvgIpc) is 2.44. The van der Waals surface area contributed by atoms with Crippen LogP contribution in [0.25, 0.3) is 0 Å². The van der Waals surface area contributed by atoms with Gasteiger partial charge in [-0.15, -0.1) is 23.5 Å². The fraction of sp³-hybridized carbons (Fsp3) is 0.800. The van der Waals surface area contributed by atoms with Gasteiger partial charge in [-0.25, -0.2) is 0 Å². The standard InChI is InChI=1S/2C5H12NO5PS.2H3N/c2*7-5(8)3-6-1-2-13-4-12(9,10)11;;/h2*6H,1-4H2,(H,7,8)(H2,9,10,11);2*1H3. The Morgan fingerprint density at radius 3 is 1.25 bits per heavy atom. The molecule has 0 aromatic heterocycles. The summed E-state index contributed by atoms with van der Waals surface area (Å²) >= 11 is 2.15. The van der Waals surface area contributed by atoms with E-state index >= 15 is 0 Å². The molecule has 0 radical (unpaired) electrons. The van der Waals surface area contributed by atoms with Gasteiger partial charge in [0.25, 0.3) is 0 Å². The summed E-state index contributed by atoms with van der Waals surface area (Å²) in [6.45, 7) is 0.296. The minimum Gasteiger partial charge on any atom is -0.549 e. The first-order valence-corrected chi connectivity index (χ1v) is 12.8. The summed E-state index contributed by atoms with van der Waals surface area (Å²) in [7, 11) is -7.85. The van der Waals surface area contributed by atoms with E-state index in [0.29, 0.717) is 24.6 Å². The highest BCUT2D eigenvalue weighted by Crippen LogP contribution is 2.38. The quantitative estimate of drug-likeness (QED) is 0.0893. The summed E-state index contributed by atoms with van der Waals surface area (Å²) in [6.07, 6.45) is 0. The van der Waals surface area contributed by atoms with Crippen LogP contribution >= 0.6 is 38.7 Å². The van der Waals surface area contributed by atoms with Gasteiger partial charge in [0.05, 0.1) is 22.9 Å². The largest absolute Gasteiger partial charge is 0.549 e. The molecule has 0 aromatic carbocycles. The van der Waals surface area contributed by atoms with Crippen molar-refractivity contribution in [2.24, 2.45) is 0 Å². The second-order valence-electron chi connectivity index (χ2n) is 4.50. The van der Waals surface area contributed by atoms with Crippen molar-refractivity contribution in [1.29, 1.82) is 0 Å². The van der Waals surface area contributed by atoms with Crippen molar-refractivity contribution in [3.05, 3.63) is 0 Å². The molecule has 0 aliphatic carbocycles. The summed E-state index contributed by atoms with van der Waals surface area (Å²) < 4.78 is 20.6. The summed E-state index contributed by atoms with van der Waals surface area (Å²) in [5, 5.41) is 24.8. The summed E-state index contributed by atoms with van der Waals surface area (Å²) in [5.41, 5.74) is -0.472. The summed E-state index contributed by atoms with van der Waals surface area (Å²) in [6, 6.07) is 0. The van der Waals surface area contributed by atoms with Gasteiger partial charge in [-0.1, -0.05) is 0 Å². The van der Waals surface area contributed by atoms with E-state index in [-0.39, 0.29) is 36.4 Å². The van der Waals surface area contributed by atoms with Gasteiger partial charge in [-0.05, 0) is 0 Å². The molecule has 0 spiro atoms. The fourth-order valence-electron chi connectivity index (χ4n) is 1.04. The minimum absolute atomic E-state index is 0. The molecule has 0 rings (SSSR count). The molecule has 18 heteroatoms. The van der Waals surface area contributed by atoms with Crippen molar-refractivity contribution < 1.29 is 48.5 Å². The predicted molar refractivity (Wildman–Crippen MR) is 106 cm³/mol. The summed E-state index contributed by atoms with van der Waals surface area (Å²) in [5.74, 6) is -1.48. The van der Waals surface area contributed by atoms with Crippen LogP contribution in [0.3, 0.4) is 0 Å². The molecule has 0 fully saturated rings. The smallest absolute Gasteiger partial charge is 0.335 e. The van der Waals surface area contributed by atoms with Crippen molar-refractivity contribution >= 4 is 50.7 Å². The predicted octanol–water partition coefficient (Wildman–Crippen LogP) is -2.86. The van der Waals surface area contributed by atoms with E-state index < -0.39 is 27.1 Å². The molecule has 0 bridgehead atoms. The van der Waals surface area contributed by atoms with Gasteiger partial charge in [0.15, 0.2) is 0 Å². The van der Waals surface area contributed by atoms with E-state index in [1.807, 2.05) is 0 Å². The van der Waals surface area contributed by atoms with Crippen LogP contribution in [0, 0.1) is 0 Å². The van der Waals surface area contributed by atoms with Crippen molar-refractivity contribution in [2.75, 3.05) is 48.7 Å². The first-order valence-electron chi connectivity index (χ1n) is 6.89. The Hall–Kier alpha value is -0.220. The third-order valence-corrected chi connectivity index (χ3v) is 7.04. The molecule has 14 nitrogen and oxygen atoms in total. The Labute approximate surface area is 171 Å². The lowest BCUT2D eigenvalue weighted by atomic mass is 10.6. The van der Waals surface area contributed by atoms with Crippen molar-refractivity contribution in [2.45, 2.75) is 0 Å². The van der Waals surface area contributed by atoms with Crippen LogP contribution in [0.1, 0.15) is 0 Å². The zero-order valence-electron chi connectivity index (χ0n) is 15.6. The monoisotopic (exact) mass is 492 g/mol. The van der Waals surface area contributed by atoms with Crippen LogP contribution in [0.5, 0.6) is 0 Å². The number of carbonyl (C=O) groups excluding carboxylic acids is 2. The lowest BCUT2D eigenvalue weighted by Gasteiger charge is -2.05. The zero-order chi connectivity index (χ0) is 20.6. The topological polar surface area (TPSA) is 292 Å². The second kappa shape index (κ2) is 20.1. The number of aliphatic carboxylic acids is 2. The summed E-state index contributed by atoms with van der Waals surface area (Å²) in [4.78, 5) is 53.5. The number of hydrogen-bond donors (Lipinski definition) is 8. The Morgan fingerprint density at radius 1 is 0.750 bits per heavy atom. The van der Waals surface area contributed by atoms with E-state index in [0.717, 1.165) is 23.5 Å². The normalized spacial score (nSPS) is 10.7. The van der Waals surface area contributed by atoms with Gasteiger partial charge < -0.3 is 62.3 Å². The first-order chi connectivity index (χ1) is 11.8. The number of rotatable bonds is 14. The SMILES string of the molecule is O=C([O-])CNCCSCP(=O)(O)O.O=C([O-])CNCCSCP(=O)(O)O.[NH4+].[NH4+]. The molecule has 0 unspecified atom stereocenters. The van der Waals surface area contributed by atoms with Crippen molar-refractivity contribution in [3.63, 3.8) is 0 Å². The van der Waals surface area contributed by atoms with Crippen LogP contribution in [0.15, 0.2) is 0 Å². The van der Waals surface area contributed by atoms with Crippen LogP contribution in [0.2, 0.25) is 0 Å². The fourth-order valence-corrected chi connectivity index (χ4v) is 4.55. The number of nitrogens with one attached hydrogen (secondary N) is 2. The third kappa shape index (κ3) is 40.5. The maximum absolute atomic E-state index is 10.3. The van der Waals surface area contributed by atoms with E-state index in [4.69, 9.17) is 19.6 Å². The Bertz CT molecular complexity index is 461. The number of carbonyl (C=O) groups is 2. The zero-order valence-corrected chi connectivity index (χ0v) is 19.0. The van der Waals surface area contributed by atoms with E-state index in [9.17, 15) is 28.9 Å². The van der Waals surface area contributed by atoms with Crippen molar-refractivity contribution in [3.8, 4) is 0 Å². The number of thioether (sulfide) groups is 2. The highest BCUT2D eigenvalue weighted by molar-refractivity contribution is 8.04. The van der Waals surface area contributed by atoms with Gasteiger partial charge in [0.1, 0.15) is 0 Å². The molecule has 0 heterocycles. The molecule has 0 saturated carbocycles. The molecular formula is C10H30N4O10P2S2. The van der Waals surface area contributed by atoms with Gasteiger partial charge in [-0.3, -0.25) is 9.13 Å². The molecule has 172 valence electrons. The van der Waals surface area contributed by atoms with Gasteiger partial charge in [0.2, 0.25) is 0 Å². The van der Waals surface area contributed by atoms with Crippen LogP contribution in [-0.4, -0.2) is 80.2 Å². The molecule has 14 N–H and O–H groups in total. The highest BCUT2D eigenvalue weighted by Gasteiger charge is 2.12. The van der Waals surface area contributed by atoms with Crippen LogP contribution in [-0.2, 0) is 18.7 Å². The van der Waals surface area contributed by atoms with Gasteiger partial charge in [0, 0.05) is 37.7 Å². The Balaban J connectivity index is -0.000000192. The first kappa shape index (κ1) is 35.2. The lowest BCUT2D eigenvalue weighted by molar-refractivity contribution is -0.305. The minimum atomic E-state index is -3.93. The molecule has 0 atom stereocenters. The molecule has 0 aliphatic rings. The molecular weight excluding hydrogens is 462 g/mol.